The highest BCUT2D eigenvalue weighted by molar-refractivity contribution is 14.1. The normalized spacial score (nSPS) is 29.6. The Morgan fingerprint density at radius 3 is 2.18 bits per heavy atom. The topological polar surface area (TPSA) is 83.1 Å². The van der Waals surface area contributed by atoms with E-state index in [-0.39, 0.29) is 23.7 Å². The lowest BCUT2D eigenvalue weighted by Gasteiger charge is -2.57. The van der Waals surface area contributed by atoms with Gasteiger partial charge in [0.15, 0.2) is 11.5 Å². The van der Waals surface area contributed by atoms with Crippen LogP contribution < -0.4 is 14.8 Å². The number of hydrogen-bond acceptors (Lipinski definition) is 6. The van der Waals surface area contributed by atoms with Crippen molar-refractivity contribution >= 4 is 46.3 Å². The van der Waals surface area contributed by atoms with Crippen LogP contribution >= 0.6 is 34.2 Å². The minimum atomic E-state index is -0.918. The van der Waals surface area contributed by atoms with E-state index in [1.807, 2.05) is 34.6 Å². The van der Waals surface area contributed by atoms with E-state index < -0.39 is 17.4 Å². The molecule has 1 unspecified atom stereocenters. The van der Waals surface area contributed by atoms with Crippen molar-refractivity contribution in [2.24, 2.45) is 5.41 Å². The zero-order valence-electron chi connectivity index (χ0n) is 20.7. The Bertz CT molecular complexity index is 1010. The van der Waals surface area contributed by atoms with Crippen molar-refractivity contribution in [3.8, 4) is 11.5 Å². The van der Waals surface area contributed by atoms with Crippen LogP contribution in [0.25, 0.3) is 0 Å². The molecule has 7 nitrogen and oxygen atoms in total. The predicted octanol–water partition coefficient (Wildman–Crippen LogP) is 6.53. The second kappa shape index (κ2) is 8.61. The number of benzene rings is 1. The van der Waals surface area contributed by atoms with E-state index in [0.29, 0.717) is 31.2 Å². The molecule has 1 aromatic rings. The van der Waals surface area contributed by atoms with Crippen molar-refractivity contribution in [1.82, 2.24) is 5.32 Å². The number of halogens is 2. The highest BCUT2D eigenvalue weighted by Gasteiger charge is 2.62. The summed E-state index contributed by atoms with van der Waals surface area (Å²) in [6.45, 7) is 11.5. The van der Waals surface area contributed by atoms with E-state index in [4.69, 9.17) is 30.5 Å². The zero-order chi connectivity index (χ0) is 25.1. The smallest absolute Gasteiger partial charge is 0.408 e. The summed E-state index contributed by atoms with van der Waals surface area (Å²) in [5, 5.41) is 3.53. The maximum Gasteiger partial charge on any atom is 0.408 e. The average Bonchev–Trinajstić information content (AvgIpc) is 3.12. The molecule has 3 fully saturated rings. The number of carbonyl (C=O) groups excluding carboxylic acids is 2. The van der Waals surface area contributed by atoms with Gasteiger partial charge in [-0.2, -0.15) is 0 Å². The summed E-state index contributed by atoms with van der Waals surface area (Å²) in [6, 6.07) is 0. The molecule has 0 saturated heterocycles. The zero-order valence-corrected chi connectivity index (χ0v) is 23.6. The third-order valence-corrected chi connectivity index (χ3v) is 9.34. The van der Waals surface area contributed by atoms with Gasteiger partial charge in [-0.3, -0.25) is 0 Å². The molecule has 5 rings (SSSR count). The monoisotopic (exact) mass is 605 g/mol. The third kappa shape index (κ3) is 4.22. The van der Waals surface area contributed by atoms with Crippen LogP contribution in [0.1, 0.15) is 89.1 Å². The molecular formula is C25H33ClINO6. The Morgan fingerprint density at radius 1 is 1.09 bits per heavy atom. The molecule has 9 heteroatoms. The van der Waals surface area contributed by atoms with Crippen LogP contribution in [0.3, 0.4) is 0 Å². The average molecular weight is 606 g/mol. The first-order valence-electron chi connectivity index (χ1n) is 11.8. The SMILES string of the molecule is CCOC(=O)c1c(C)c2c(c(Cl)c1I)OC(C)(C13CCC(NC(=O)OC(C)(C)C)(CC1)CC3)O2. The van der Waals surface area contributed by atoms with Crippen molar-refractivity contribution in [3.63, 3.8) is 0 Å². The van der Waals surface area contributed by atoms with Gasteiger partial charge < -0.3 is 24.3 Å². The van der Waals surface area contributed by atoms with Crippen LogP contribution in [0.5, 0.6) is 11.5 Å². The van der Waals surface area contributed by atoms with Gasteiger partial charge in [0.1, 0.15) is 10.6 Å². The molecule has 34 heavy (non-hydrogen) atoms. The Hall–Kier alpha value is -1.42. The van der Waals surface area contributed by atoms with E-state index in [0.717, 1.165) is 38.5 Å². The van der Waals surface area contributed by atoms with Crippen LogP contribution in [0.15, 0.2) is 0 Å². The number of ether oxygens (including phenoxy) is 4. The number of hydrogen-bond donors (Lipinski definition) is 1. The second-order valence-corrected chi connectivity index (χ2v) is 12.3. The summed E-state index contributed by atoms with van der Waals surface area (Å²) in [6.07, 6.45) is 4.62. The highest BCUT2D eigenvalue weighted by atomic mass is 127. The van der Waals surface area contributed by atoms with Gasteiger partial charge in [0, 0.05) is 23.4 Å². The Labute approximate surface area is 219 Å². The van der Waals surface area contributed by atoms with Gasteiger partial charge in [0.25, 0.3) is 5.79 Å². The Balaban J connectivity index is 1.56. The van der Waals surface area contributed by atoms with Crippen molar-refractivity contribution in [1.29, 1.82) is 0 Å². The lowest BCUT2D eigenvalue weighted by Crippen LogP contribution is -2.64. The summed E-state index contributed by atoms with van der Waals surface area (Å²) in [4.78, 5) is 25.1. The molecule has 0 spiro atoms. The molecule has 1 atom stereocenters. The lowest BCUT2D eigenvalue weighted by molar-refractivity contribution is -0.203. The number of rotatable bonds is 4. The van der Waals surface area contributed by atoms with Crippen molar-refractivity contribution in [2.75, 3.05) is 6.61 Å². The summed E-state index contributed by atoms with van der Waals surface area (Å²) in [5.41, 5.74) is 0.0790. The van der Waals surface area contributed by atoms with E-state index in [9.17, 15) is 9.59 Å². The summed E-state index contributed by atoms with van der Waals surface area (Å²) in [5.74, 6) is -0.335. The van der Waals surface area contributed by atoms with Crippen LogP contribution in [-0.2, 0) is 9.47 Å². The molecule has 188 valence electrons. The quantitative estimate of drug-likeness (QED) is 0.310. The second-order valence-electron chi connectivity index (χ2n) is 10.8. The fraction of sp³-hybridized carbons (Fsp3) is 0.680. The minimum absolute atomic E-state index is 0.228. The Morgan fingerprint density at radius 2 is 1.65 bits per heavy atom. The molecule has 0 aromatic heterocycles. The Kier molecular flexibility index (Phi) is 6.50. The summed E-state index contributed by atoms with van der Waals surface area (Å²) < 4.78 is 24.4. The van der Waals surface area contributed by atoms with Gasteiger partial charge >= 0.3 is 12.1 Å². The first-order valence-corrected chi connectivity index (χ1v) is 13.3. The van der Waals surface area contributed by atoms with Crippen molar-refractivity contribution in [3.05, 3.63) is 19.7 Å². The van der Waals surface area contributed by atoms with E-state index in [2.05, 4.69) is 27.9 Å². The fourth-order valence-electron chi connectivity index (χ4n) is 5.62. The van der Waals surface area contributed by atoms with E-state index in [1.54, 1.807) is 6.92 Å². The molecule has 0 radical (unpaired) electrons. The first kappa shape index (κ1) is 25.7. The molecule has 3 aliphatic carbocycles. The molecule has 4 aliphatic rings. The van der Waals surface area contributed by atoms with Gasteiger partial charge in [0.2, 0.25) is 0 Å². The minimum Gasteiger partial charge on any atom is -0.462 e. The molecule has 1 heterocycles. The van der Waals surface area contributed by atoms with Crippen molar-refractivity contribution < 1.29 is 28.5 Å². The number of nitrogens with one attached hydrogen (secondary N) is 1. The molecule has 1 amide bonds. The number of esters is 1. The molecule has 1 aliphatic heterocycles. The predicted molar refractivity (Wildman–Crippen MR) is 137 cm³/mol. The number of alkyl carbamates (subject to hydrolysis) is 1. The molecule has 2 bridgehead atoms. The fourth-order valence-corrected chi connectivity index (χ4v) is 6.71. The highest BCUT2D eigenvalue weighted by Crippen LogP contribution is 2.62. The largest absolute Gasteiger partial charge is 0.462 e. The van der Waals surface area contributed by atoms with Crippen LogP contribution in [0.2, 0.25) is 5.02 Å². The maximum absolute atomic E-state index is 12.6. The maximum atomic E-state index is 12.6. The molecule has 3 saturated carbocycles. The lowest BCUT2D eigenvalue weighted by atomic mass is 9.54. The molecular weight excluding hydrogens is 573 g/mol. The standard InChI is InChI=1S/C25H33ClINO6/c1-7-31-20(29)15-14(2)18-19(16(26)17(15)27)33-23(6,32-18)24-8-11-25(12-9-24,13-10-24)28-21(30)34-22(3,4)5/h7-13H2,1-6H3,(H,28,30). The van der Waals surface area contributed by atoms with Gasteiger partial charge in [0.05, 0.1) is 15.7 Å². The van der Waals surface area contributed by atoms with E-state index in [1.165, 1.54) is 0 Å². The summed E-state index contributed by atoms with van der Waals surface area (Å²) in [7, 11) is 0. The van der Waals surface area contributed by atoms with Crippen molar-refractivity contribution in [2.45, 2.75) is 97.0 Å². The van der Waals surface area contributed by atoms with Gasteiger partial charge in [-0.15, -0.1) is 0 Å². The van der Waals surface area contributed by atoms with Crippen LogP contribution in [-0.4, -0.2) is 35.6 Å². The molecule has 1 aromatic carbocycles. The third-order valence-electron chi connectivity index (χ3n) is 7.58. The number of carbonyl (C=O) groups is 2. The number of amides is 1. The van der Waals surface area contributed by atoms with E-state index >= 15 is 0 Å². The van der Waals surface area contributed by atoms with Crippen LogP contribution in [0, 0.1) is 15.9 Å². The van der Waals surface area contributed by atoms with Gasteiger partial charge in [-0.25, -0.2) is 9.59 Å². The summed E-state index contributed by atoms with van der Waals surface area (Å²) >= 11 is 8.74. The molecule has 1 N–H and O–H groups in total. The van der Waals surface area contributed by atoms with Gasteiger partial charge in [-0.05, 0) is 95.7 Å². The van der Waals surface area contributed by atoms with Crippen LogP contribution in [0.4, 0.5) is 4.79 Å². The first-order chi connectivity index (χ1) is 15.8. The van der Waals surface area contributed by atoms with Gasteiger partial charge in [-0.1, -0.05) is 11.6 Å². The number of fused-ring (bicyclic) bond motifs is 4.